The second kappa shape index (κ2) is 8.09. The number of H-pyrrole nitrogens is 1. The predicted octanol–water partition coefficient (Wildman–Crippen LogP) is 3.97. The third kappa shape index (κ3) is 4.01. The Hall–Kier alpha value is -3.30. The molecule has 10 heteroatoms. The minimum absolute atomic E-state index is 0.00611. The Morgan fingerprint density at radius 3 is 2.84 bits per heavy atom. The number of benzene rings is 1. The molecule has 0 saturated carbocycles. The number of methoxy groups -OCH3 is 1. The molecule has 3 aromatic rings. The molecule has 1 atom stereocenters. The zero-order valence-corrected chi connectivity index (χ0v) is 17.1. The smallest absolute Gasteiger partial charge is 0.416 e. The number of rotatable bonds is 5. The highest BCUT2D eigenvalue weighted by Gasteiger charge is 2.32. The van der Waals surface area contributed by atoms with E-state index in [9.17, 15) is 18.0 Å². The molecule has 2 aromatic heterocycles. The largest absolute Gasteiger partial charge is 0.495 e. The second-order valence-corrected chi connectivity index (χ2v) is 7.40. The third-order valence-electron chi connectivity index (χ3n) is 5.48. The van der Waals surface area contributed by atoms with Gasteiger partial charge >= 0.3 is 6.18 Å². The first-order chi connectivity index (χ1) is 14.8. The van der Waals surface area contributed by atoms with Crippen LogP contribution in [0.25, 0.3) is 11.0 Å². The summed E-state index contributed by atoms with van der Waals surface area (Å²) in [6.45, 7) is 2.43. The van der Waals surface area contributed by atoms with Gasteiger partial charge in [-0.3, -0.25) is 4.79 Å². The summed E-state index contributed by atoms with van der Waals surface area (Å²) in [5.74, 6) is 0.428. The Bertz CT molecular complexity index is 1130. The van der Waals surface area contributed by atoms with E-state index in [0.29, 0.717) is 42.7 Å². The van der Waals surface area contributed by atoms with E-state index in [-0.39, 0.29) is 23.3 Å². The van der Waals surface area contributed by atoms with E-state index >= 15 is 0 Å². The quantitative estimate of drug-likeness (QED) is 0.566. The Kier molecular flexibility index (Phi) is 5.47. The van der Waals surface area contributed by atoms with Crippen LogP contribution in [0.15, 0.2) is 24.5 Å². The number of nitrogens with one attached hydrogen (secondary N) is 3. The number of nitrogens with zero attached hydrogens (tertiary/aromatic N) is 2. The number of alkyl halides is 3. The molecule has 0 radical (unpaired) electrons. The van der Waals surface area contributed by atoms with Crippen LogP contribution in [0.4, 0.5) is 24.7 Å². The van der Waals surface area contributed by atoms with Crippen molar-refractivity contribution in [3.05, 3.63) is 41.3 Å². The number of carbonyl (C=O) groups is 1. The SMILES string of the molecule is CCNC(=O)[C@H]1CCc2[nH]c3ncnc(Nc4cc(C(F)(F)F)ccc4OC)c3c2C1. The molecular formula is C21H22F3N5O2. The van der Waals surface area contributed by atoms with Crippen LogP contribution in [-0.4, -0.2) is 34.5 Å². The number of aromatic nitrogens is 3. The summed E-state index contributed by atoms with van der Waals surface area (Å²) in [6.07, 6.45) is -1.25. The van der Waals surface area contributed by atoms with E-state index in [1.807, 2.05) is 6.92 Å². The Balaban J connectivity index is 1.75. The maximum Gasteiger partial charge on any atom is 0.416 e. The van der Waals surface area contributed by atoms with Crippen molar-refractivity contribution in [1.82, 2.24) is 20.3 Å². The van der Waals surface area contributed by atoms with Gasteiger partial charge in [-0.15, -0.1) is 0 Å². The number of aromatic amines is 1. The first-order valence-corrected chi connectivity index (χ1v) is 9.96. The highest BCUT2D eigenvalue weighted by atomic mass is 19.4. The lowest BCUT2D eigenvalue weighted by atomic mass is 9.86. The van der Waals surface area contributed by atoms with Crippen molar-refractivity contribution in [2.24, 2.45) is 5.92 Å². The van der Waals surface area contributed by atoms with E-state index in [1.165, 1.54) is 19.5 Å². The fourth-order valence-corrected chi connectivity index (χ4v) is 3.99. The molecule has 1 aromatic carbocycles. The van der Waals surface area contributed by atoms with Crippen molar-refractivity contribution in [1.29, 1.82) is 0 Å². The third-order valence-corrected chi connectivity index (χ3v) is 5.48. The summed E-state index contributed by atoms with van der Waals surface area (Å²) < 4.78 is 44.9. The van der Waals surface area contributed by atoms with Crippen molar-refractivity contribution in [2.45, 2.75) is 32.4 Å². The lowest BCUT2D eigenvalue weighted by Gasteiger charge is -2.22. The molecule has 1 amide bonds. The van der Waals surface area contributed by atoms with Gasteiger partial charge in [0.2, 0.25) is 5.91 Å². The highest BCUT2D eigenvalue weighted by Crippen LogP contribution is 2.39. The van der Waals surface area contributed by atoms with Crippen molar-refractivity contribution in [2.75, 3.05) is 19.0 Å². The van der Waals surface area contributed by atoms with Crippen LogP contribution in [0, 0.1) is 5.92 Å². The fourth-order valence-electron chi connectivity index (χ4n) is 3.99. The van der Waals surface area contributed by atoms with Gasteiger partial charge in [0, 0.05) is 18.2 Å². The Labute approximate surface area is 176 Å². The molecule has 1 aliphatic carbocycles. The molecule has 1 aliphatic rings. The number of hydrogen-bond donors (Lipinski definition) is 3. The maximum absolute atomic E-state index is 13.2. The summed E-state index contributed by atoms with van der Waals surface area (Å²) in [5.41, 5.74) is 1.79. The summed E-state index contributed by atoms with van der Waals surface area (Å²) in [6, 6.07) is 3.22. The van der Waals surface area contributed by atoms with Crippen molar-refractivity contribution in [3.8, 4) is 5.75 Å². The number of aryl methyl sites for hydroxylation is 1. The Morgan fingerprint density at radius 2 is 2.13 bits per heavy atom. The molecule has 31 heavy (non-hydrogen) atoms. The maximum atomic E-state index is 13.2. The van der Waals surface area contributed by atoms with Gasteiger partial charge in [0.1, 0.15) is 23.5 Å². The van der Waals surface area contributed by atoms with E-state index in [0.717, 1.165) is 23.4 Å². The van der Waals surface area contributed by atoms with Crippen LogP contribution in [-0.2, 0) is 23.8 Å². The summed E-state index contributed by atoms with van der Waals surface area (Å²) in [7, 11) is 1.39. The number of hydrogen-bond acceptors (Lipinski definition) is 5. The zero-order valence-electron chi connectivity index (χ0n) is 17.1. The van der Waals surface area contributed by atoms with Crippen LogP contribution < -0.4 is 15.4 Å². The average Bonchev–Trinajstić information content (AvgIpc) is 3.12. The average molecular weight is 433 g/mol. The summed E-state index contributed by atoms with van der Waals surface area (Å²) in [4.78, 5) is 24.2. The number of anilines is 2. The lowest BCUT2D eigenvalue weighted by molar-refractivity contribution is -0.137. The normalized spacial score (nSPS) is 16.1. The molecular weight excluding hydrogens is 411 g/mol. The molecule has 2 heterocycles. The molecule has 0 fully saturated rings. The van der Waals surface area contributed by atoms with Crippen molar-refractivity contribution < 1.29 is 22.7 Å². The molecule has 0 bridgehead atoms. The van der Waals surface area contributed by atoms with Gasteiger partial charge in [-0.05, 0) is 49.9 Å². The van der Waals surface area contributed by atoms with E-state index < -0.39 is 11.7 Å². The molecule has 0 saturated heterocycles. The first kappa shape index (κ1) is 21.0. The van der Waals surface area contributed by atoms with Gasteiger partial charge in [-0.2, -0.15) is 13.2 Å². The minimum atomic E-state index is -4.49. The van der Waals surface area contributed by atoms with Crippen LogP contribution in [0.2, 0.25) is 0 Å². The zero-order chi connectivity index (χ0) is 22.2. The van der Waals surface area contributed by atoms with Crippen molar-refractivity contribution >= 4 is 28.4 Å². The van der Waals surface area contributed by atoms with E-state index in [1.54, 1.807) is 0 Å². The highest BCUT2D eigenvalue weighted by molar-refractivity contribution is 5.94. The van der Waals surface area contributed by atoms with Crippen LogP contribution in [0.1, 0.15) is 30.2 Å². The number of fused-ring (bicyclic) bond motifs is 3. The molecule has 0 aliphatic heterocycles. The van der Waals surface area contributed by atoms with Gasteiger partial charge in [-0.25, -0.2) is 9.97 Å². The van der Waals surface area contributed by atoms with Crippen LogP contribution in [0.3, 0.4) is 0 Å². The monoisotopic (exact) mass is 433 g/mol. The number of halogens is 3. The van der Waals surface area contributed by atoms with Gasteiger partial charge in [0.15, 0.2) is 0 Å². The number of carbonyl (C=O) groups excluding carboxylic acids is 1. The number of ether oxygens (including phenoxy) is 1. The summed E-state index contributed by atoms with van der Waals surface area (Å²) in [5, 5.41) is 6.52. The van der Waals surface area contributed by atoms with Gasteiger partial charge in [0.25, 0.3) is 0 Å². The lowest BCUT2D eigenvalue weighted by Crippen LogP contribution is -2.33. The van der Waals surface area contributed by atoms with Gasteiger partial charge < -0.3 is 20.4 Å². The van der Waals surface area contributed by atoms with E-state index in [2.05, 4.69) is 25.6 Å². The van der Waals surface area contributed by atoms with E-state index in [4.69, 9.17) is 4.74 Å². The number of amides is 1. The molecule has 7 nitrogen and oxygen atoms in total. The van der Waals surface area contributed by atoms with Crippen molar-refractivity contribution in [3.63, 3.8) is 0 Å². The fraction of sp³-hybridized carbons (Fsp3) is 0.381. The second-order valence-electron chi connectivity index (χ2n) is 7.40. The van der Waals surface area contributed by atoms with Crippen LogP contribution >= 0.6 is 0 Å². The molecule has 3 N–H and O–H groups in total. The molecule has 0 unspecified atom stereocenters. The first-order valence-electron chi connectivity index (χ1n) is 9.96. The van der Waals surface area contributed by atoms with Gasteiger partial charge in [0.05, 0.1) is 23.7 Å². The summed E-state index contributed by atoms with van der Waals surface area (Å²) >= 11 is 0. The predicted molar refractivity (Wildman–Crippen MR) is 109 cm³/mol. The molecule has 4 rings (SSSR count). The van der Waals surface area contributed by atoms with Gasteiger partial charge in [-0.1, -0.05) is 0 Å². The Morgan fingerprint density at radius 1 is 1.32 bits per heavy atom. The molecule has 164 valence electrons. The topological polar surface area (TPSA) is 91.9 Å². The minimum Gasteiger partial charge on any atom is -0.495 e. The standard InChI is InChI=1S/C21H22F3N5O2/c1-3-25-20(30)11-4-6-14-13(8-11)17-18(28-14)26-10-27-19(17)29-15-9-12(21(22,23)24)5-7-16(15)31-2/h5,7,9-11H,3-4,6,8H2,1-2H3,(H,25,30)(H2,26,27,28,29)/t11-/m0/s1. The molecule has 0 spiro atoms. The van der Waals surface area contributed by atoms with Crippen LogP contribution in [0.5, 0.6) is 5.75 Å².